The van der Waals surface area contributed by atoms with Crippen molar-refractivity contribution in [3.63, 3.8) is 0 Å². The molecule has 114 valence electrons. The summed E-state index contributed by atoms with van der Waals surface area (Å²) in [7, 11) is 0. The van der Waals surface area contributed by atoms with Gasteiger partial charge in [0.2, 0.25) is 5.89 Å². The Balaban J connectivity index is 1.94. The number of aromatic nitrogens is 2. The van der Waals surface area contributed by atoms with Gasteiger partial charge in [-0.1, -0.05) is 30.3 Å². The Labute approximate surface area is 127 Å². The second-order valence-electron chi connectivity index (χ2n) is 5.76. The third-order valence-corrected chi connectivity index (χ3v) is 3.67. The number of hydrogen-bond donors (Lipinski definition) is 1. The van der Waals surface area contributed by atoms with Gasteiger partial charge in [0.25, 0.3) is 0 Å². The van der Waals surface area contributed by atoms with E-state index in [4.69, 9.17) is 4.52 Å². The molecule has 1 aromatic carbocycles. The molecule has 4 heteroatoms. The van der Waals surface area contributed by atoms with E-state index in [0.29, 0.717) is 11.9 Å². The zero-order chi connectivity index (χ0) is 15.2. The summed E-state index contributed by atoms with van der Waals surface area (Å²) in [6.07, 6.45) is 2.63. The van der Waals surface area contributed by atoms with Crippen LogP contribution in [0.15, 0.2) is 22.7 Å². The van der Waals surface area contributed by atoms with Crippen LogP contribution in [-0.2, 0) is 12.8 Å². The maximum atomic E-state index is 5.34. The van der Waals surface area contributed by atoms with Gasteiger partial charge in [0.05, 0.1) is 0 Å². The molecule has 0 spiro atoms. The maximum Gasteiger partial charge on any atom is 0.228 e. The second-order valence-corrected chi connectivity index (χ2v) is 5.76. The van der Waals surface area contributed by atoms with Crippen molar-refractivity contribution >= 4 is 0 Å². The summed E-state index contributed by atoms with van der Waals surface area (Å²) < 4.78 is 5.34. The van der Waals surface area contributed by atoms with Crippen molar-refractivity contribution in [1.82, 2.24) is 15.5 Å². The van der Waals surface area contributed by atoms with E-state index in [-0.39, 0.29) is 0 Å². The number of rotatable bonds is 7. The van der Waals surface area contributed by atoms with Crippen molar-refractivity contribution in [2.45, 2.75) is 53.0 Å². The quantitative estimate of drug-likeness (QED) is 0.849. The molecule has 1 aromatic heterocycles. The summed E-state index contributed by atoms with van der Waals surface area (Å²) in [5.41, 5.74) is 3.83. The van der Waals surface area contributed by atoms with Crippen molar-refractivity contribution < 1.29 is 4.52 Å². The van der Waals surface area contributed by atoms with Crippen LogP contribution in [0, 0.1) is 13.8 Å². The molecule has 0 saturated heterocycles. The molecule has 1 N–H and O–H groups in total. The number of nitrogens with zero attached hydrogens (tertiary/aromatic N) is 2. The average Bonchev–Trinajstić information content (AvgIpc) is 2.88. The van der Waals surface area contributed by atoms with Crippen LogP contribution in [0.25, 0.3) is 0 Å². The molecule has 21 heavy (non-hydrogen) atoms. The molecule has 2 aromatic rings. The third kappa shape index (κ3) is 4.67. The van der Waals surface area contributed by atoms with Crippen LogP contribution in [0.4, 0.5) is 0 Å². The van der Waals surface area contributed by atoms with Gasteiger partial charge in [0.1, 0.15) is 0 Å². The van der Waals surface area contributed by atoms with Crippen LogP contribution < -0.4 is 5.32 Å². The van der Waals surface area contributed by atoms with Gasteiger partial charge in [-0.3, -0.25) is 0 Å². The van der Waals surface area contributed by atoms with Crippen molar-refractivity contribution in [2.75, 3.05) is 6.54 Å². The van der Waals surface area contributed by atoms with Crippen molar-refractivity contribution in [3.8, 4) is 0 Å². The maximum absolute atomic E-state index is 5.34. The Bertz CT molecular complexity index is 577. The van der Waals surface area contributed by atoms with E-state index >= 15 is 0 Å². The molecule has 0 radical (unpaired) electrons. The van der Waals surface area contributed by atoms with Crippen LogP contribution in [0.2, 0.25) is 0 Å². The molecule has 0 aliphatic heterocycles. The average molecular weight is 287 g/mol. The summed E-state index contributed by atoms with van der Waals surface area (Å²) in [5, 5.41) is 7.51. The first-order chi connectivity index (χ1) is 10.1. The fourth-order valence-electron chi connectivity index (χ4n) is 2.27. The van der Waals surface area contributed by atoms with E-state index in [2.05, 4.69) is 61.4 Å². The van der Waals surface area contributed by atoms with Crippen molar-refractivity contribution in [3.05, 3.63) is 46.6 Å². The molecule has 0 amide bonds. The lowest BCUT2D eigenvalue weighted by atomic mass is 10.0. The van der Waals surface area contributed by atoms with Gasteiger partial charge >= 0.3 is 0 Å². The number of aryl methyl sites for hydroxylation is 2. The fraction of sp³-hybridized carbons (Fsp3) is 0.529. The standard InChI is InChI=1S/C17H25N3O/c1-5-8-18-14(4)10-17-19-16(20-21-17)11-15-7-6-12(2)13(3)9-15/h6-7,9,14,18H,5,8,10-11H2,1-4H3. The number of hydrogen-bond acceptors (Lipinski definition) is 4. The van der Waals surface area contributed by atoms with Crippen LogP contribution in [0.3, 0.4) is 0 Å². The molecule has 0 bridgehead atoms. The lowest BCUT2D eigenvalue weighted by molar-refractivity contribution is 0.358. The van der Waals surface area contributed by atoms with Gasteiger partial charge in [0.15, 0.2) is 5.82 Å². The highest BCUT2D eigenvalue weighted by atomic mass is 16.5. The first-order valence-corrected chi connectivity index (χ1v) is 7.69. The highest BCUT2D eigenvalue weighted by molar-refractivity contribution is 5.31. The minimum atomic E-state index is 0.361. The Morgan fingerprint density at radius 3 is 2.76 bits per heavy atom. The number of nitrogens with one attached hydrogen (secondary N) is 1. The van der Waals surface area contributed by atoms with E-state index in [1.54, 1.807) is 0 Å². The summed E-state index contributed by atoms with van der Waals surface area (Å²) in [6, 6.07) is 6.82. The fourth-order valence-corrected chi connectivity index (χ4v) is 2.27. The SMILES string of the molecule is CCCNC(C)Cc1nc(Cc2ccc(C)c(C)c2)no1. The van der Waals surface area contributed by atoms with Gasteiger partial charge in [0, 0.05) is 18.9 Å². The highest BCUT2D eigenvalue weighted by Crippen LogP contribution is 2.13. The van der Waals surface area contributed by atoms with E-state index in [0.717, 1.165) is 31.6 Å². The van der Waals surface area contributed by atoms with Crippen LogP contribution in [0.5, 0.6) is 0 Å². The lowest BCUT2D eigenvalue weighted by Gasteiger charge is -2.09. The normalized spacial score (nSPS) is 12.6. The molecular weight excluding hydrogens is 262 g/mol. The Morgan fingerprint density at radius 1 is 1.24 bits per heavy atom. The monoisotopic (exact) mass is 287 g/mol. The first-order valence-electron chi connectivity index (χ1n) is 7.69. The lowest BCUT2D eigenvalue weighted by Crippen LogP contribution is -2.28. The van der Waals surface area contributed by atoms with E-state index in [1.165, 1.54) is 16.7 Å². The minimum Gasteiger partial charge on any atom is -0.339 e. The molecule has 0 aliphatic carbocycles. The summed E-state index contributed by atoms with van der Waals surface area (Å²) in [5.74, 6) is 1.47. The van der Waals surface area contributed by atoms with Crippen LogP contribution >= 0.6 is 0 Å². The van der Waals surface area contributed by atoms with E-state index in [9.17, 15) is 0 Å². The smallest absolute Gasteiger partial charge is 0.228 e. The predicted molar refractivity (Wildman–Crippen MR) is 84.5 cm³/mol. The topological polar surface area (TPSA) is 51.0 Å². The van der Waals surface area contributed by atoms with Crippen LogP contribution in [0.1, 0.15) is 48.7 Å². The van der Waals surface area contributed by atoms with E-state index in [1.807, 2.05) is 0 Å². The Morgan fingerprint density at radius 2 is 2.05 bits per heavy atom. The Kier molecular flexibility index (Phi) is 5.51. The van der Waals surface area contributed by atoms with Crippen LogP contribution in [-0.4, -0.2) is 22.7 Å². The van der Waals surface area contributed by atoms with E-state index < -0.39 is 0 Å². The minimum absolute atomic E-state index is 0.361. The highest BCUT2D eigenvalue weighted by Gasteiger charge is 2.11. The van der Waals surface area contributed by atoms with Gasteiger partial charge < -0.3 is 9.84 Å². The molecule has 1 atom stereocenters. The zero-order valence-electron chi connectivity index (χ0n) is 13.4. The molecule has 1 heterocycles. The second kappa shape index (κ2) is 7.36. The molecule has 0 aliphatic rings. The molecule has 4 nitrogen and oxygen atoms in total. The third-order valence-electron chi connectivity index (χ3n) is 3.67. The molecule has 0 saturated carbocycles. The Hall–Kier alpha value is -1.68. The zero-order valence-corrected chi connectivity index (χ0v) is 13.4. The number of benzene rings is 1. The summed E-state index contributed by atoms with van der Waals surface area (Å²) >= 11 is 0. The van der Waals surface area contributed by atoms with Crippen molar-refractivity contribution in [2.24, 2.45) is 0 Å². The molecule has 2 rings (SSSR count). The van der Waals surface area contributed by atoms with Crippen molar-refractivity contribution in [1.29, 1.82) is 0 Å². The molecule has 0 fully saturated rings. The van der Waals surface area contributed by atoms with Gasteiger partial charge in [-0.05, 0) is 50.4 Å². The molecule has 1 unspecified atom stereocenters. The first kappa shape index (κ1) is 15.7. The summed E-state index contributed by atoms with van der Waals surface area (Å²) in [4.78, 5) is 4.49. The van der Waals surface area contributed by atoms with Gasteiger partial charge in [-0.2, -0.15) is 4.98 Å². The van der Waals surface area contributed by atoms with Gasteiger partial charge in [-0.15, -0.1) is 0 Å². The summed E-state index contributed by atoms with van der Waals surface area (Å²) in [6.45, 7) is 9.57. The largest absolute Gasteiger partial charge is 0.339 e. The van der Waals surface area contributed by atoms with Gasteiger partial charge in [-0.25, -0.2) is 0 Å². The molecular formula is C17H25N3O. The predicted octanol–water partition coefficient (Wildman–Crippen LogP) is 3.21.